The fourth-order valence-corrected chi connectivity index (χ4v) is 1.28. The third kappa shape index (κ3) is 1.52. The first kappa shape index (κ1) is 8.90. The average molecular weight is 207 g/mol. The Kier molecular flexibility index (Phi) is 2.28. The van der Waals surface area contributed by atoms with E-state index in [0.29, 0.717) is 5.69 Å². The number of aromatic nitrogens is 3. The maximum atomic E-state index is 5.76. The Hall–Kier alpha value is -1.68. The first-order valence-electron chi connectivity index (χ1n) is 3.96. The van der Waals surface area contributed by atoms with E-state index in [1.54, 1.807) is 18.6 Å². The highest BCUT2D eigenvalue weighted by molar-refractivity contribution is 6.32. The highest BCUT2D eigenvalue weighted by atomic mass is 35.5. The van der Waals surface area contributed by atoms with Gasteiger partial charge in [0.05, 0.1) is 11.9 Å². The summed E-state index contributed by atoms with van der Waals surface area (Å²) in [5, 5.41) is 7.60. The number of hydrogen-bond donors (Lipinski definition) is 1. The quantitative estimate of drug-likeness (QED) is 0.773. The normalized spacial score (nSPS) is 10.1. The SMILES string of the molecule is Nc1c(-c2ccncc2)cnnc1Cl. The lowest BCUT2D eigenvalue weighted by molar-refractivity contribution is 1.04. The molecule has 0 aliphatic carbocycles. The average Bonchev–Trinajstić information content (AvgIpc) is 2.23. The fraction of sp³-hybridized carbons (Fsp3) is 0. The summed E-state index contributed by atoms with van der Waals surface area (Å²) in [5.41, 5.74) is 7.89. The second-order valence-electron chi connectivity index (χ2n) is 2.70. The summed E-state index contributed by atoms with van der Waals surface area (Å²) in [6.45, 7) is 0. The van der Waals surface area contributed by atoms with E-state index in [9.17, 15) is 0 Å². The third-order valence-corrected chi connectivity index (χ3v) is 2.12. The zero-order chi connectivity index (χ0) is 9.97. The number of nitrogens with zero attached hydrogens (tertiary/aromatic N) is 3. The lowest BCUT2D eigenvalue weighted by Gasteiger charge is -2.04. The molecule has 0 atom stereocenters. The van der Waals surface area contributed by atoms with Gasteiger partial charge in [0.1, 0.15) is 0 Å². The maximum Gasteiger partial charge on any atom is 0.175 e. The Bertz CT molecular complexity index is 444. The Morgan fingerprint density at radius 3 is 2.64 bits per heavy atom. The lowest BCUT2D eigenvalue weighted by Crippen LogP contribution is -1.95. The van der Waals surface area contributed by atoms with Crippen LogP contribution in [-0.2, 0) is 0 Å². The van der Waals surface area contributed by atoms with Crippen LogP contribution in [0.25, 0.3) is 11.1 Å². The van der Waals surface area contributed by atoms with Gasteiger partial charge >= 0.3 is 0 Å². The summed E-state index contributed by atoms with van der Waals surface area (Å²) in [4.78, 5) is 3.91. The zero-order valence-corrected chi connectivity index (χ0v) is 7.94. The van der Waals surface area contributed by atoms with Gasteiger partial charge in [-0.2, -0.15) is 5.10 Å². The number of hydrogen-bond acceptors (Lipinski definition) is 4. The molecule has 2 aromatic heterocycles. The van der Waals surface area contributed by atoms with Crippen molar-refractivity contribution in [2.75, 3.05) is 5.73 Å². The predicted molar refractivity (Wildman–Crippen MR) is 54.7 cm³/mol. The topological polar surface area (TPSA) is 64.7 Å². The van der Waals surface area contributed by atoms with Crippen molar-refractivity contribution in [1.29, 1.82) is 0 Å². The van der Waals surface area contributed by atoms with Gasteiger partial charge in [-0.05, 0) is 17.7 Å². The predicted octanol–water partition coefficient (Wildman–Crippen LogP) is 1.77. The van der Waals surface area contributed by atoms with Gasteiger partial charge in [0.25, 0.3) is 0 Å². The van der Waals surface area contributed by atoms with Crippen molar-refractivity contribution in [3.63, 3.8) is 0 Å². The molecular weight excluding hydrogens is 200 g/mol. The monoisotopic (exact) mass is 206 g/mol. The van der Waals surface area contributed by atoms with Crippen molar-refractivity contribution in [3.05, 3.63) is 35.9 Å². The van der Waals surface area contributed by atoms with E-state index in [0.717, 1.165) is 11.1 Å². The number of anilines is 1. The molecule has 0 aliphatic heterocycles. The van der Waals surface area contributed by atoms with E-state index in [-0.39, 0.29) is 5.15 Å². The minimum absolute atomic E-state index is 0.222. The molecule has 2 heterocycles. The minimum atomic E-state index is 0.222. The Labute approximate surface area is 85.8 Å². The molecule has 14 heavy (non-hydrogen) atoms. The molecule has 2 aromatic rings. The number of halogens is 1. The molecule has 0 amide bonds. The lowest BCUT2D eigenvalue weighted by atomic mass is 10.1. The van der Waals surface area contributed by atoms with Crippen molar-refractivity contribution < 1.29 is 0 Å². The maximum absolute atomic E-state index is 5.76. The smallest absolute Gasteiger partial charge is 0.175 e. The molecule has 5 heteroatoms. The Morgan fingerprint density at radius 2 is 1.93 bits per heavy atom. The molecule has 0 spiro atoms. The highest BCUT2D eigenvalue weighted by Crippen LogP contribution is 2.27. The summed E-state index contributed by atoms with van der Waals surface area (Å²) in [7, 11) is 0. The van der Waals surface area contributed by atoms with E-state index < -0.39 is 0 Å². The van der Waals surface area contributed by atoms with Gasteiger partial charge < -0.3 is 5.73 Å². The van der Waals surface area contributed by atoms with E-state index >= 15 is 0 Å². The number of rotatable bonds is 1. The van der Waals surface area contributed by atoms with Gasteiger partial charge in [-0.1, -0.05) is 11.6 Å². The number of nitrogens with two attached hydrogens (primary N) is 1. The minimum Gasteiger partial charge on any atom is -0.396 e. The van der Waals surface area contributed by atoms with Gasteiger partial charge in [-0.15, -0.1) is 5.10 Å². The summed E-state index contributed by atoms with van der Waals surface area (Å²) >= 11 is 5.75. The molecule has 70 valence electrons. The van der Waals surface area contributed by atoms with Crippen LogP contribution in [0.1, 0.15) is 0 Å². The number of pyridine rings is 1. The van der Waals surface area contributed by atoms with E-state index in [1.165, 1.54) is 0 Å². The van der Waals surface area contributed by atoms with Crippen LogP contribution in [0.4, 0.5) is 5.69 Å². The Balaban J connectivity index is 2.58. The zero-order valence-electron chi connectivity index (χ0n) is 7.18. The van der Waals surface area contributed by atoms with E-state index in [2.05, 4.69) is 15.2 Å². The Morgan fingerprint density at radius 1 is 1.21 bits per heavy atom. The summed E-state index contributed by atoms with van der Waals surface area (Å²) in [6.07, 6.45) is 4.95. The van der Waals surface area contributed by atoms with Crippen molar-refractivity contribution in [2.45, 2.75) is 0 Å². The van der Waals surface area contributed by atoms with Crippen LogP contribution in [0.2, 0.25) is 5.15 Å². The summed E-state index contributed by atoms with van der Waals surface area (Å²) in [6, 6.07) is 3.67. The molecule has 4 nitrogen and oxygen atoms in total. The van der Waals surface area contributed by atoms with Gasteiger partial charge in [-0.25, -0.2) is 0 Å². The van der Waals surface area contributed by atoms with Crippen LogP contribution in [0.3, 0.4) is 0 Å². The molecule has 0 bridgehead atoms. The summed E-state index contributed by atoms with van der Waals surface area (Å²) < 4.78 is 0. The molecule has 0 saturated heterocycles. The van der Waals surface area contributed by atoms with Crippen LogP contribution < -0.4 is 5.73 Å². The van der Waals surface area contributed by atoms with Crippen molar-refractivity contribution in [3.8, 4) is 11.1 Å². The third-order valence-electron chi connectivity index (χ3n) is 1.84. The molecule has 0 saturated carbocycles. The molecule has 2 N–H and O–H groups in total. The number of nitrogen functional groups attached to an aromatic ring is 1. The van der Waals surface area contributed by atoms with Crippen LogP contribution in [0.5, 0.6) is 0 Å². The first-order chi connectivity index (χ1) is 6.79. The van der Waals surface area contributed by atoms with Gasteiger partial charge in [0.15, 0.2) is 5.15 Å². The largest absolute Gasteiger partial charge is 0.396 e. The van der Waals surface area contributed by atoms with E-state index in [1.807, 2.05) is 12.1 Å². The molecular formula is C9H7ClN4. The van der Waals surface area contributed by atoms with Crippen LogP contribution in [-0.4, -0.2) is 15.2 Å². The standard InChI is InChI=1S/C9H7ClN4/c10-9-8(11)7(5-13-14-9)6-1-3-12-4-2-6/h1-5H,(H2,11,13). The van der Waals surface area contributed by atoms with Gasteiger partial charge in [-0.3, -0.25) is 4.98 Å². The van der Waals surface area contributed by atoms with Crippen LogP contribution in [0.15, 0.2) is 30.7 Å². The molecule has 0 aliphatic rings. The molecule has 0 unspecified atom stereocenters. The molecule has 2 rings (SSSR count). The second-order valence-corrected chi connectivity index (χ2v) is 3.06. The van der Waals surface area contributed by atoms with E-state index in [4.69, 9.17) is 17.3 Å². The van der Waals surface area contributed by atoms with Crippen molar-refractivity contribution in [1.82, 2.24) is 15.2 Å². The fourth-order valence-electron chi connectivity index (χ4n) is 1.13. The van der Waals surface area contributed by atoms with Crippen molar-refractivity contribution in [2.24, 2.45) is 0 Å². The van der Waals surface area contributed by atoms with Crippen molar-refractivity contribution >= 4 is 17.3 Å². The first-order valence-corrected chi connectivity index (χ1v) is 4.34. The highest BCUT2D eigenvalue weighted by Gasteiger charge is 2.06. The molecule has 0 aromatic carbocycles. The second kappa shape index (κ2) is 3.59. The van der Waals surface area contributed by atoms with Crippen LogP contribution >= 0.6 is 11.6 Å². The van der Waals surface area contributed by atoms with Crippen LogP contribution in [0, 0.1) is 0 Å². The molecule has 0 radical (unpaired) electrons. The van der Waals surface area contributed by atoms with Gasteiger partial charge in [0, 0.05) is 18.0 Å². The van der Waals surface area contributed by atoms with Gasteiger partial charge in [0.2, 0.25) is 0 Å². The molecule has 0 fully saturated rings. The summed E-state index contributed by atoms with van der Waals surface area (Å²) in [5.74, 6) is 0.